The van der Waals surface area contributed by atoms with E-state index < -0.39 is 61.0 Å². The number of alkyl halides is 8. The maximum Gasteiger partial charge on any atom is 0.378 e. The van der Waals surface area contributed by atoms with E-state index >= 15 is 0 Å². The second kappa shape index (κ2) is 14.2. The molecule has 1 unspecified atom stereocenters. The molecule has 0 N–H and O–H groups in total. The number of halogens is 9. The van der Waals surface area contributed by atoms with Crippen LogP contribution in [0.25, 0.3) is 0 Å². The number of Topliss-reactive ketones (excluding diaryl/α,β-unsaturated/α-hetero) is 1. The van der Waals surface area contributed by atoms with Crippen LogP contribution in [0.2, 0.25) is 5.02 Å². The van der Waals surface area contributed by atoms with E-state index in [4.69, 9.17) is 11.6 Å². The molecular weight excluding hydrogens is 652 g/mol. The predicted octanol–water partition coefficient (Wildman–Crippen LogP) is 8.99. The first kappa shape index (κ1) is 36.8. The molecule has 3 nitrogen and oxygen atoms in total. The van der Waals surface area contributed by atoms with Gasteiger partial charge in [0.1, 0.15) is 5.78 Å². The Balaban J connectivity index is 1.45. The van der Waals surface area contributed by atoms with E-state index in [0.29, 0.717) is 28.1 Å². The van der Waals surface area contributed by atoms with Crippen molar-refractivity contribution < 1.29 is 39.9 Å². The SMILES string of the molecule is CC(=O)C(c1ccccc1)(c1ccccc1)C1CCN(CCC(F)(F)C(F)(F)C(F)(F)C(F)(F)CCN(C)Cc2ccccc2Cl)C1. The highest BCUT2D eigenvalue weighted by atomic mass is 35.5. The van der Waals surface area contributed by atoms with Gasteiger partial charge in [-0.1, -0.05) is 90.5 Å². The molecule has 0 spiro atoms. The van der Waals surface area contributed by atoms with Gasteiger partial charge >= 0.3 is 23.7 Å². The summed E-state index contributed by atoms with van der Waals surface area (Å²) in [4.78, 5) is 16.0. The summed E-state index contributed by atoms with van der Waals surface area (Å²) in [5.74, 6) is -24.3. The number of hydrogen-bond donors (Lipinski definition) is 0. The van der Waals surface area contributed by atoms with E-state index in [-0.39, 0.29) is 25.4 Å². The van der Waals surface area contributed by atoms with Crippen LogP contribution in [-0.4, -0.2) is 72.5 Å². The Hall–Kier alpha value is -3.02. The molecule has 0 aliphatic carbocycles. The highest BCUT2D eigenvalue weighted by molar-refractivity contribution is 6.31. The molecule has 1 aliphatic heterocycles. The summed E-state index contributed by atoms with van der Waals surface area (Å²) in [6, 6.07) is 24.1. The third kappa shape index (κ3) is 7.22. The number of likely N-dealkylation sites (tertiary alicyclic amines) is 1. The van der Waals surface area contributed by atoms with Crippen molar-refractivity contribution in [2.45, 2.75) is 61.8 Å². The molecule has 256 valence electrons. The predicted molar refractivity (Wildman–Crippen MR) is 166 cm³/mol. The molecule has 0 amide bonds. The number of hydrogen-bond acceptors (Lipinski definition) is 3. The van der Waals surface area contributed by atoms with Crippen LogP contribution in [0, 0.1) is 5.92 Å². The number of carbonyl (C=O) groups excluding carboxylic acids is 1. The van der Waals surface area contributed by atoms with Gasteiger partial charge in [0.15, 0.2) is 0 Å². The molecule has 0 aromatic heterocycles. The van der Waals surface area contributed by atoms with Crippen molar-refractivity contribution in [1.82, 2.24) is 9.80 Å². The number of nitrogens with zero attached hydrogens (tertiary/aromatic N) is 2. The van der Waals surface area contributed by atoms with Crippen LogP contribution in [-0.2, 0) is 16.8 Å². The zero-order valence-electron chi connectivity index (χ0n) is 26.0. The Morgan fingerprint density at radius 2 is 1.28 bits per heavy atom. The lowest BCUT2D eigenvalue weighted by Gasteiger charge is -2.39. The quantitative estimate of drug-likeness (QED) is 0.149. The van der Waals surface area contributed by atoms with E-state index in [1.54, 1.807) is 78.9 Å². The van der Waals surface area contributed by atoms with Gasteiger partial charge in [-0.25, -0.2) is 0 Å². The molecule has 1 saturated heterocycles. The van der Waals surface area contributed by atoms with E-state index in [9.17, 15) is 39.9 Å². The molecule has 1 aliphatic rings. The van der Waals surface area contributed by atoms with Crippen molar-refractivity contribution in [2.75, 3.05) is 33.2 Å². The van der Waals surface area contributed by atoms with Gasteiger partial charge in [0, 0.05) is 44.0 Å². The van der Waals surface area contributed by atoms with Gasteiger partial charge in [-0.05, 0) is 55.6 Å². The molecule has 47 heavy (non-hydrogen) atoms. The van der Waals surface area contributed by atoms with E-state index in [1.807, 2.05) is 0 Å². The minimum absolute atomic E-state index is 0.0232. The molecule has 0 radical (unpaired) electrons. The third-order valence-corrected chi connectivity index (χ3v) is 9.53. The molecule has 3 aromatic rings. The highest BCUT2D eigenvalue weighted by Crippen LogP contribution is 2.55. The summed E-state index contributed by atoms with van der Waals surface area (Å²) in [5, 5.41) is 0.291. The van der Waals surface area contributed by atoms with Gasteiger partial charge in [-0.3, -0.25) is 4.79 Å². The lowest BCUT2D eigenvalue weighted by molar-refractivity contribution is -0.368. The van der Waals surface area contributed by atoms with Gasteiger partial charge in [-0.15, -0.1) is 0 Å². The minimum atomic E-state index is -6.35. The smallest absolute Gasteiger partial charge is 0.303 e. The average Bonchev–Trinajstić information content (AvgIpc) is 3.50. The molecule has 1 heterocycles. The Morgan fingerprint density at radius 3 is 1.79 bits per heavy atom. The normalized spacial score (nSPS) is 17.0. The fourth-order valence-electron chi connectivity index (χ4n) is 6.52. The second-order valence-corrected chi connectivity index (χ2v) is 12.7. The Morgan fingerprint density at radius 1 is 0.787 bits per heavy atom. The van der Waals surface area contributed by atoms with Crippen molar-refractivity contribution in [3.63, 3.8) is 0 Å². The van der Waals surface area contributed by atoms with Gasteiger partial charge in [0.05, 0.1) is 5.41 Å². The minimum Gasteiger partial charge on any atom is -0.303 e. The molecular formula is C35H37ClF8N2O. The molecule has 3 aromatic carbocycles. The summed E-state index contributed by atoms with van der Waals surface area (Å²) in [7, 11) is 1.30. The van der Waals surface area contributed by atoms with E-state index in [2.05, 4.69) is 0 Å². The summed E-state index contributed by atoms with van der Waals surface area (Å²) in [6.45, 7) is -0.0384. The van der Waals surface area contributed by atoms with Crippen LogP contribution in [0.4, 0.5) is 35.1 Å². The Kier molecular flexibility index (Phi) is 11.1. The van der Waals surface area contributed by atoms with Crippen molar-refractivity contribution in [3.8, 4) is 0 Å². The number of ketones is 1. The third-order valence-electron chi connectivity index (χ3n) is 9.16. The molecule has 0 saturated carbocycles. The zero-order chi connectivity index (χ0) is 34.7. The first-order valence-electron chi connectivity index (χ1n) is 15.2. The van der Waals surface area contributed by atoms with Crippen LogP contribution < -0.4 is 0 Å². The number of carbonyl (C=O) groups is 1. The van der Waals surface area contributed by atoms with Crippen LogP contribution >= 0.6 is 11.6 Å². The fourth-order valence-corrected chi connectivity index (χ4v) is 6.72. The summed E-state index contributed by atoms with van der Waals surface area (Å²) >= 11 is 6.02. The maximum atomic E-state index is 14.9. The van der Waals surface area contributed by atoms with Crippen molar-refractivity contribution in [1.29, 1.82) is 0 Å². The molecule has 1 fully saturated rings. The van der Waals surface area contributed by atoms with Gasteiger partial charge in [-0.2, -0.15) is 35.1 Å². The highest BCUT2D eigenvalue weighted by Gasteiger charge is 2.79. The van der Waals surface area contributed by atoms with Crippen molar-refractivity contribution in [2.24, 2.45) is 5.92 Å². The van der Waals surface area contributed by atoms with Crippen molar-refractivity contribution in [3.05, 3.63) is 107 Å². The largest absolute Gasteiger partial charge is 0.378 e. The van der Waals surface area contributed by atoms with Crippen LogP contribution in [0.3, 0.4) is 0 Å². The molecule has 0 bridgehead atoms. The first-order valence-corrected chi connectivity index (χ1v) is 15.6. The Bertz CT molecular complexity index is 1450. The number of benzene rings is 3. The summed E-state index contributed by atoms with van der Waals surface area (Å²) < 4.78 is 118. The average molecular weight is 689 g/mol. The van der Waals surface area contributed by atoms with E-state index in [1.165, 1.54) is 24.9 Å². The number of rotatable bonds is 15. The topological polar surface area (TPSA) is 23.6 Å². The van der Waals surface area contributed by atoms with Crippen LogP contribution in [0.15, 0.2) is 84.9 Å². The molecule has 4 rings (SSSR count). The maximum absolute atomic E-state index is 14.9. The van der Waals surface area contributed by atoms with Crippen molar-refractivity contribution >= 4 is 17.4 Å². The summed E-state index contributed by atoms with van der Waals surface area (Å²) in [6.07, 6.45) is -3.25. The monoisotopic (exact) mass is 688 g/mol. The van der Waals surface area contributed by atoms with Gasteiger partial charge in [0.25, 0.3) is 0 Å². The fraction of sp³-hybridized carbons (Fsp3) is 0.457. The lowest BCUT2D eigenvalue weighted by atomic mass is 9.63. The summed E-state index contributed by atoms with van der Waals surface area (Å²) in [5.41, 5.74) is 0.641. The lowest BCUT2D eigenvalue weighted by Crippen LogP contribution is -2.63. The van der Waals surface area contributed by atoms with E-state index in [0.717, 1.165) is 4.90 Å². The standard InChI is InChI=1S/C35H37ClF8N2O/c1-25(47)33(27-12-5-3-6-13-27,28-14-7-4-8-15-28)29-17-20-46(24-29)22-19-32(39,40)35(43,44)34(41,42)31(37,38)18-21-45(2)23-26-11-9-10-16-30(26)36/h3-16,29H,17-24H2,1-2H3. The first-order chi connectivity index (χ1) is 22.0. The van der Waals surface area contributed by atoms with Crippen LogP contribution in [0.5, 0.6) is 0 Å². The van der Waals surface area contributed by atoms with Gasteiger partial charge < -0.3 is 9.80 Å². The zero-order valence-corrected chi connectivity index (χ0v) is 26.8. The Labute approximate surface area is 274 Å². The molecule has 12 heteroatoms. The van der Waals surface area contributed by atoms with Gasteiger partial charge in [0.2, 0.25) is 0 Å². The van der Waals surface area contributed by atoms with Crippen LogP contribution in [0.1, 0.15) is 42.9 Å². The second-order valence-electron chi connectivity index (χ2n) is 12.3. The molecule has 1 atom stereocenters.